The molecule has 2 aromatic rings. The van der Waals surface area contributed by atoms with Crippen LogP contribution in [0.15, 0.2) is 73.5 Å². The summed E-state index contributed by atoms with van der Waals surface area (Å²) in [4.78, 5) is 0. The topological polar surface area (TPSA) is 3.88 Å². The van der Waals surface area contributed by atoms with E-state index in [1.54, 1.807) is 10.8 Å². The van der Waals surface area contributed by atoms with Crippen LogP contribution in [-0.2, 0) is 0 Å². The monoisotopic (exact) mass is 456 g/mol. The third kappa shape index (κ3) is 4.87. The highest BCUT2D eigenvalue weighted by atomic mass is 28.3. The molecule has 2 unspecified atom stereocenters. The Kier molecular flexibility index (Phi) is 7.24. The van der Waals surface area contributed by atoms with Gasteiger partial charge in [-0.1, -0.05) is 88.0 Å². The molecule has 2 atom stereocenters. The molecule has 0 N–H and O–H groups in total. The van der Waals surface area contributed by atoms with Gasteiger partial charge in [0.05, 0.1) is 14.0 Å². The minimum Gasteiger partial charge on any atom is -0.191 e. The fourth-order valence-corrected chi connectivity index (χ4v) is 7.79. The van der Waals surface area contributed by atoms with Crippen LogP contribution in [0.2, 0.25) is 19.6 Å². The van der Waals surface area contributed by atoms with Gasteiger partial charge in [-0.3, -0.25) is 0 Å². The van der Waals surface area contributed by atoms with Crippen LogP contribution >= 0.6 is 0 Å². The average Bonchev–Trinajstić information content (AvgIpc) is 2.81. The van der Waals surface area contributed by atoms with Crippen molar-refractivity contribution >= 4 is 13.3 Å². The molecule has 1 saturated carbocycles. The van der Waals surface area contributed by atoms with E-state index in [4.69, 9.17) is 0 Å². The molecule has 0 spiro atoms. The van der Waals surface area contributed by atoms with Crippen LogP contribution in [0.25, 0.3) is 11.3 Å². The van der Waals surface area contributed by atoms with Crippen LogP contribution in [0.5, 0.6) is 0 Å². The van der Waals surface area contributed by atoms with Gasteiger partial charge in [0.25, 0.3) is 0 Å². The molecule has 2 heteroatoms. The molecule has 0 amide bonds. The van der Waals surface area contributed by atoms with Crippen molar-refractivity contribution in [3.8, 4) is 11.3 Å². The summed E-state index contributed by atoms with van der Waals surface area (Å²) >= 11 is 0. The number of allylic oxidation sites excluding steroid dienone is 4. The zero-order valence-corrected chi connectivity index (χ0v) is 22.2. The van der Waals surface area contributed by atoms with E-state index in [-0.39, 0.29) is 6.04 Å². The molecule has 33 heavy (non-hydrogen) atoms. The van der Waals surface area contributed by atoms with Gasteiger partial charge in [-0.25, -0.2) is 0 Å². The highest BCUT2D eigenvalue weighted by Gasteiger charge is 2.40. The summed E-state index contributed by atoms with van der Waals surface area (Å²) in [5.41, 5.74) is 7.14. The van der Waals surface area contributed by atoms with Crippen LogP contribution in [0, 0.1) is 0 Å². The standard InChI is InChI=1S/C31H42NSi/c1-7-14-23(3)19-20-27-25-17-12-13-18-26(25)30-21-28(24-15-10-9-11-16-24)31(33(4,5)6)22-32(30)29(27)8-2/h7-8,12-14,17-18,21-22,24,27,29H,2-3,9-11,15-16,19-20H2,1,4-6H3/q+1/b14-7-. The summed E-state index contributed by atoms with van der Waals surface area (Å²) in [7, 11) is -1.50. The molecule has 1 nitrogen and oxygen atoms in total. The summed E-state index contributed by atoms with van der Waals surface area (Å²) in [5.74, 6) is 1.15. The minimum atomic E-state index is -1.50. The Morgan fingerprint density at radius 3 is 2.48 bits per heavy atom. The molecule has 1 aliphatic carbocycles. The molecule has 0 saturated heterocycles. The van der Waals surface area contributed by atoms with Gasteiger partial charge in [-0.2, -0.15) is 4.57 Å². The largest absolute Gasteiger partial charge is 0.213 e. The molecule has 0 radical (unpaired) electrons. The Morgan fingerprint density at radius 2 is 1.82 bits per heavy atom. The highest BCUT2D eigenvalue weighted by Crippen LogP contribution is 2.43. The molecule has 2 heterocycles. The van der Waals surface area contributed by atoms with Crippen molar-refractivity contribution in [3.63, 3.8) is 0 Å². The third-order valence-corrected chi connectivity index (χ3v) is 9.83. The average molecular weight is 457 g/mol. The Balaban J connectivity index is 1.86. The van der Waals surface area contributed by atoms with Crippen LogP contribution in [-0.4, -0.2) is 8.07 Å². The van der Waals surface area contributed by atoms with Crippen molar-refractivity contribution in [2.75, 3.05) is 0 Å². The summed E-state index contributed by atoms with van der Waals surface area (Å²) < 4.78 is 2.58. The van der Waals surface area contributed by atoms with Crippen molar-refractivity contribution in [2.45, 2.75) is 89.4 Å². The predicted molar refractivity (Wildman–Crippen MR) is 146 cm³/mol. The fraction of sp³-hybridized carbons (Fsp3) is 0.452. The maximum absolute atomic E-state index is 4.33. The lowest BCUT2D eigenvalue weighted by molar-refractivity contribution is -0.706. The summed E-state index contributed by atoms with van der Waals surface area (Å²) in [6.45, 7) is 18.2. The lowest BCUT2D eigenvalue weighted by atomic mass is 9.78. The summed E-state index contributed by atoms with van der Waals surface area (Å²) in [5, 5.41) is 1.65. The fourth-order valence-electron chi connectivity index (χ4n) is 6.12. The van der Waals surface area contributed by atoms with E-state index >= 15 is 0 Å². The zero-order chi connectivity index (χ0) is 23.6. The first kappa shape index (κ1) is 23.9. The van der Waals surface area contributed by atoms with Gasteiger partial charge < -0.3 is 0 Å². The molecule has 1 fully saturated rings. The van der Waals surface area contributed by atoms with Crippen molar-refractivity contribution < 1.29 is 4.57 Å². The van der Waals surface area contributed by atoms with Crippen LogP contribution in [0.3, 0.4) is 0 Å². The van der Waals surface area contributed by atoms with Gasteiger partial charge in [0.1, 0.15) is 0 Å². The SMILES string of the molecule is C=CC1C(CCC(=C)/C=C\C)c2ccccc2-c2cc(C3CCCCC3)c([Si](C)(C)C)c[n+]21. The first-order valence-corrected chi connectivity index (χ1v) is 16.5. The van der Waals surface area contributed by atoms with Gasteiger partial charge >= 0.3 is 0 Å². The molecule has 1 aromatic carbocycles. The lowest BCUT2D eigenvalue weighted by Crippen LogP contribution is -2.53. The molecular weight excluding hydrogens is 414 g/mol. The first-order chi connectivity index (χ1) is 15.8. The molecular formula is C31H42NSi+. The van der Waals surface area contributed by atoms with E-state index in [0.29, 0.717) is 5.92 Å². The van der Waals surface area contributed by atoms with E-state index in [9.17, 15) is 0 Å². The second-order valence-electron chi connectivity index (χ2n) is 11.1. The smallest absolute Gasteiger partial charge is 0.191 e. The number of benzene rings is 1. The normalized spacial score (nSPS) is 21.0. The molecule has 2 aliphatic rings. The Morgan fingerprint density at radius 1 is 1.09 bits per heavy atom. The Labute approximate surface area is 203 Å². The Bertz CT molecular complexity index is 1050. The van der Waals surface area contributed by atoms with Gasteiger partial charge in [-0.05, 0) is 61.8 Å². The molecule has 1 aliphatic heterocycles. The van der Waals surface area contributed by atoms with Crippen molar-refractivity contribution in [3.05, 3.63) is 84.6 Å². The van der Waals surface area contributed by atoms with Crippen molar-refractivity contribution in [1.82, 2.24) is 0 Å². The Hall–Kier alpha value is -2.19. The van der Waals surface area contributed by atoms with E-state index in [1.165, 1.54) is 54.5 Å². The first-order valence-electron chi connectivity index (χ1n) is 13.0. The number of pyridine rings is 1. The number of hydrogen-bond acceptors (Lipinski definition) is 0. The van der Waals surface area contributed by atoms with Gasteiger partial charge in [-0.15, -0.1) is 0 Å². The van der Waals surface area contributed by atoms with E-state index in [0.717, 1.165) is 18.8 Å². The molecule has 0 bridgehead atoms. The minimum absolute atomic E-state index is 0.281. The van der Waals surface area contributed by atoms with E-state index in [1.807, 2.05) is 0 Å². The zero-order valence-electron chi connectivity index (χ0n) is 21.2. The van der Waals surface area contributed by atoms with Crippen molar-refractivity contribution in [1.29, 1.82) is 0 Å². The van der Waals surface area contributed by atoms with Crippen molar-refractivity contribution in [2.24, 2.45) is 0 Å². The summed E-state index contributed by atoms with van der Waals surface area (Å²) in [6.07, 6.45) is 18.0. The highest BCUT2D eigenvalue weighted by molar-refractivity contribution is 6.89. The second kappa shape index (κ2) is 9.97. The maximum Gasteiger partial charge on any atom is 0.213 e. The van der Waals surface area contributed by atoms with Crippen LogP contribution in [0.4, 0.5) is 0 Å². The van der Waals surface area contributed by atoms with E-state index in [2.05, 4.69) is 99.0 Å². The second-order valence-corrected chi connectivity index (χ2v) is 16.2. The molecule has 174 valence electrons. The molecule has 1 aromatic heterocycles. The molecule has 4 rings (SSSR count). The van der Waals surface area contributed by atoms with Gasteiger partial charge in [0.15, 0.2) is 12.2 Å². The maximum atomic E-state index is 4.33. The number of aromatic nitrogens is 1. The van der Waals surface area contributed by atoms with E-state index < -0.39 is 8.07 Å². The summed E-state index contributed by atoms with van der Waals surface area (Å²) in [6, 6.07) is 12.0. The third-order valence-electron chi connectivity index (χ3n) is 7.79. The number of hydrogen-bond donors (Lipinski definition) is 0. The van der Waals surface area contributed by atoms with Crippen LogP contribution < -0.4 is 9.75 Å². The predicted octanol–water partition coefficient (Wildman–Crippen LogP) is 7.97. The van der Waals surface area contributed by atoms with Gasteiger partial charge in [0, 0.05) is 16.8 Å². The number of nitrogens with zero attached hydrogens (tertiary/aromatic N) is 1. The lowest BCUT2D eigenvalue weighted by Gasteiger charge is -2.33. The van der Waals surface area contributed by atoms with Crippen LogP contribution in [0.1, 0.15) is 80.9 Å². The quantitative estimate of drug-likeness (QED) is 0.172. The number of rotatable bonds is 7. The van der Waals surface area contributed by atoms with Gasteiger partial charge in [0.2, 0.25) is 5.69 Å². The number of fused-ring (bicyclic) bond motifs is 3.